The summed E-state index contributed by atoms with van der Waals surface area (Å²) in [5.41, 5.74) is -2.93. The van der Waals surface area contributed by atoms with Gasteiger partial charge in [-0.25, -0.2) is 0 Å². The minimum atomic E-state index is -4.57. The van der Waals surface area contributed by atoms with Crippen LogP contribution >= 0.6 is 0 Å². The zero-order chi connectivity index (χ0) is 146. The lowest BCUT2D eigenvalue weighted by Gasteiger charge is -2.43. The van der Waals surface area contributed by atoms with Gasteiger partial charge in [0.2, 0.25) is 0 Å². The molecule has 648 valence electrons. The number of carbonyl (C=O) groups is 5. The van der Waals surface area contributed by atoms with Gasteiger partial charge >= 0.3 is 0 Å². The lowest BCUT2D eigenvalue weighted by molar-refractivity contribution is -0.130. The van der Waals surface area contributed by atoms with Gasteiger partial charge in [0.1, 0.15) is 28.9 Å². The van der Waals surface area contributed by atoms with Gasteiger partial charge in [-0.1, -0.05) is 88.1 Å². The maximum atomic E-state index is 14.1. The first-order valence-corrected chi connectivity index (χ1v) is 37.1. The first-order valence-electron chi connectivity index (χ1n) is 72.1. The smallest absolute Gasteiger partial charge is 0.161 e. The number of hydrogen-bond donors (Lipinski definition) is 0. The lowest BCUT2D eigenvalue weighted by atomic mass is 9.79. The van der Waals surface area contributed by atoms with E-state index in [0.29, 0.717) is 74.5 Å². The topological polar surface area (TPSA) is 194 Å². The standard InChI is InChI=1S/3C20H29NO3.2C19H27NO3/c3*1-5-13(2)8-15-12-21-7-6-14-9-19(23-3)20(24-4)10-16(14)17(21)11-18(15)22;2*1-12(2)7-14-11-20-6-5-13-8-18(22-3)19(23-4)9-15(13)16(20)10-17(14)21/h3*9-10,13,15,17H,5-8,11-12H2,1-4H3;2*8-9,12,14,16H,5-7,10-11H2,1-4H3/i2D3,3D3,5D2,6D2,7D2,8D2,11D2,12D2,13D,15D,17D;2D3,3D3,5D2,6D2,7D2,8D2,12D2,13D,17D;2D3,3D3,5D2,8D2,9D,10D,13D;3D3,5D2,6D2,10D2,11D2,14D,16D;3D3,8D,9D. The van der Waals surface area contributed by atoms with Crippen LogP contribution in [0.25, 0.3) is 0 Å². The molecule has 20 nitrogen and oxygen atoms in total. The fraction of sp³-hybridized carbons (Fsp3) is 0.643. The molecule has 0 N–H and O–H groups in total. The van der Waals surface area contributed by atoms with Gasteiger partial charge in [0, 0.05) is 223 Å². The van der Waals surface area contributed by atoms with Gasteiger partial charge < -0.3 is 47.4 Å². The van der Waals surface area contributed by atoms with Crippen molar-refractivity contribution >= 4 is 28.9 Å². The van der Waals surface area contributed by atoms with E-state index in [1.165, 1.54) is 14.2 Å². The van der Waals surface area contributed by atoms with Crippen molar-refractivity contribution in [3.8, 4) is 57.5 Å². The zero-order valence-electron chi connectivity index (χ0n) is 137. The number of fused-ring (bicyclic) bond motifs is 15. The molecule has 10 aliphatic heterocycles. The Kier molecular flexibility index (Phi) is 12.8. The SMILES string of the molecule is [2H]C([2H])([2H])Oc1cc2c(cc1OC)C1([2H])CC(=O)C(C([2H])([2H])C([2H])(C([2H])([2H])[2H])C([2H])([2H])C)C([2H])([2H])N1C([2H])([2H])C2([2H])[2H].[2H]C([2H])([2H])Oc1cc2c(cc1OC)C1([2H])N(C([2H])([2H])C([2H])(CC(C)C)C(=O)C1([2H])[2H])C([2H])([2H])C2([2H])[2H].[2H]C([2H])([2H])Oc1cc2c(cc1OC)C1([2H])N(C([2H])([2H])C2([2H])[2H])C([2H])([2H])C([2H])(C([2H])([2H])C([2H])(C([2H])([2H])[2H])C([2H])([2H])C)C(=O)C1([2H])[2H].[2H]c1c2c(c([2H])c(OC)c1OC([2H])([2H])[2H])C1CC(=O)C(C([2H])([2H])C([2H])(C([2H])([2H])[2H])C([2H])([2H])C)CN1CC2.[2H]c1c2c(c([2H])c(OC)c1OC([2H])([2H])[2H])C1CC(=O)C(CC(C)C)CN1CC2. The fourth-order valence-electron chi connectivity index (χ4n) is 14.3. The highest BCUT2D eigenvalue weighted by Crippen LogP contribution is 2.49. The van der Waals surface area contributed by atoms with Crippen molar-refractivity contribution in [1.29, 1.82) is 0 Å². The number of rotatable bonds is 23. The van der Waals surface area contributed by atoms with Gasteiger partial charge in [0.05, 0.1) is 101 Å². The second kappa shape index (κ2) is 41.7. The van der Waals surface area contributed by atoms with E-state index in [-0.39, 0.29) is 106 Å². The van der Waals surface area contributed by atoms with Gasteiger partial charge in [-0.15, -0.1) is 0 Å². The van der Waals surface area contributed by atoms with Crippen molar-refractivity contribution in [2.45, 2.75) is 214 Å². The van der Waals surface area contributed by atoms with Crippen LogP contribution in [0.1, 0.15) is 334 Å². The number of nitrogens with zero attached hydrogens (tertiary/aromatic N) is 5. The number of hydrogen-bond acceptors (Lipinski definition) is 20. The summed E-state index contributed by atoms with van der Waals surface area (Å²) in [7, 11) is -9.31. The van der Waals surface area contributed by atoms with Crippen molar-refractivity contribution in [3.63, 3.8) is 0 Å². The minimum Gasteiger partial charge on any atom is -0.493 e. The summed E-state index contributed by atoms with van der Waals surface area (Å²) in [6, 6.07) is -7.13. The number of piperidine rings is 5. The number of benzene rings is 5. The third-order valence-electron chi connectivity index (χ3n) is 20.1. The van der Waals surface area contributed by atoms with Gasteiger partial charge in [-0.2, -0.15) is 0 Å². The molecule has 118 heavy (non-hydrogen) atoms. The molecular formula is C98H141N5O15. The molecule has 20 heteroatoms. The predicted octanol–water partition coefficient (Wildman–Crippen LogP) is 17.4. The Morgan fingerprint density at radius 3 is 1.19 bits per heavy atom. The third-order valence-corrected chi connectivity index (χ3v) is 20.1. The predicted molar refractivity (Wildman–Crippen MR) is 465 cm³/mol. The molecule has 5 aromatic rings. The van der Waals surface area contributed by atoms with Crippen molar-refractivity contribution in [2.75, 3.05) is 136 Å². The van der Waals surface area contributed by atoms with Crippen molar-refractivity contribution in [2.24, 2.45) is 59.1 Å². The van der Waals surface area contributed by atoms with Crippen LogP contribution < -0.4 is 47.4 Å². The zero-order valence-corrected chi connectivity index (χ0v) is 66.6. The van der Waals surface area contributed by atoms with Crippen LogP contribution in [-0.4, -0.2) is 189 Å². The number of methoxy groups -OCH3 is 10. The molecule has 13 unspecified atom stereocenters. The maximum Gasteiger partial charge on any atom is 0.161 e. The van der Waals surface area contributed by atoms with Crippen LogP contribution in [0.3, 0.4) is 0 Å². The van der Waals surface area contributed by atoms with Crippen molar-refractivity contribution in [3.05, 3.63) is 116 Å². The number of carbonyl (C=O) groups excluding carboxylic acids is 5. The van der Waals surface area contributed by atoms with E-state index in [1.54, 1.807) is 18.7 Å². The van der Waals surface area contributed by atoms with Crippen LogP contribution in [-0.2, 0) is 55.9 Å². The average molecular weight is 1700 g/mol. The molecule has 0 aromatic heterocycles. The van der Waals surface area contributed by atoms with E-state index >= 15 is 0 Å². The summed E-state index contributed by atoms with van der Waals surface area (Å²) >= 11 is 0. The summed E-state index contributed by atoms with van der Waals surface area (Å²) in [5, 5.41) is 0. The molecule has 0 saturated carbocycles. The third kappa shape index (κ3) is 21.0. The first kappa shape index (κ1) is 36.4. The minimum absolute atomic E-state index is 0.00233. The van der Waals surface area contributed by atoms with E-state index < -0.39 is 345 Å². The summed E-state index contributed by atoms with van der Waals surface area (Å²) in [5.74, 6) is -33.7. The monoisotopic (exact) mass is 1700 g/mol. The average Bonchev–Trinajstić information content (AvgIpc) is 0.636. The van der Waals surface area contributed by atoms with E-state index in [9.17, 15) is 26.7 Å². The lowest BCUT2D eigenvalue weighted by Crippen LogP contribution is -2.46. The van der Waals surface area contributed by atoms with Gasteiger partial charge in [0.25, 0.3) is 0 Å². The number of ether oxygens (including phenoxy) is 10. The molecular weight excluding hydrogens is 1490 g/mol. The molecule has 5 saturated heterocycles. The number of aryl methyl sites for hydroxylation is 3. The Labute approximate surface area is 804 Å². The Hall–Kier alpha value is -7.75. The number of ketones is 5. The van der Waals surface area contributed by atoms with Gasteiger partial charge in [-0.05, 0) is 210 Å². The molecule has 10 aliphatic rings. The Bertz CT molecular complexity index is 7580. The molecule has 10 heterocycles. The summed E-state index contributed by atoms with van der Waals surface area (Å²) < 4.78 is 627. The maximum absolute atomic E-state index is 14.1. The van der Waals surface area contributed by atoms with Crippen LogP contribution in [0.4, 0.5) is 0 Å². The summed E-state index contributed by atoms with van der Waals surface area (Å²) in [6.07, 6.45) is -39.1. The van der Waals surface area contributed by atoms with Crippen LogP contribution in [0.2, 0.25) is 0 Å². The van der Waals surface area contributed by atoms with Gasteiger partial charge in [0.15, 0.2) is 57.5 Å². The molecule has 0 spiro atoms. The fourth-order valence-corrected chi connectivity index (χ4v) is 14.3. The van der Waals surface area contributed by atoms with Crippen molar-refractivity contribution < 1.29 is 167 Å². The molecule has 5 aromatic carbocycles. The van der Waals surface area contributed by atoms with Crippen LogP contribution in [0, 0.1) is 59.1 Å². The van der Waals surface area contributed by atoms with E-state index in [1.807, 2.05) is 0 Å². The first-order chi connectivity index (χ1) is 83.5. The Balaban J connectivity index is 0.000000219. The quantitative estimate of drug-likeness (QED) is 0.0598. The molecule has 0 amide bonds. The van der Waals surface area contributed by atoms with Crippen LogP contribution in [0.5, 0.6) is 57.5 Å². The molecule has 0 aliphatic carbocycles. The highest BCUT2D eigenvalue weighted by atomic mass is 16.5. The highest BCUT2D eigenvalue weighted by molar-refractivity contribution is 5.86. The molecule has 5 fully saturated rings. The molecule has 0 radical (unpaired) electrons. The van der Waals surface area contributed by atoms with Crippen molar-refractivity contribution in [1.82, 2.24) is 24.5 Å². The Morgan fingerprint density at radius 1 is 0.407 bits per heavy atom. The van der Waals surface area contributed by atoms with E-state index in [2.05, 4.69) is 18.7 Å². The second-order valence-corrected chi connectivity index (χ2v) is 28.3. The number of Topliss-reactive ketones (excluding diaryl/α,β-unsaturated/α-hetero) is 5. The molecule has 15 rings (SSSR count). The normalized spacial score (nSPS) is 43.6. The van der Waals surface area contributed by atoms with E-state index in [4.69, 9.17) is 141 Å². The second-order valence-electron chi connectivity index (χ2n) is 28.3. The largest absolute Gasteiger partial charge is 0.493 e. The molecule has 13 atom stereocenters. The summed E-state index contributed by atoms with van der Waals surface area (Å²) in [6.45, 7) is -23.6. The van der Waals surface area contributed by atoms with E-state index in [0.717, 1.165) is 58.9 Å². The van der Waals surface area contributed by atoms with Crippen LogP contribution in [0.15, 0.2) is 60.6 Å². The highest BCUT2D eigenvalue weighted by Gasteiger charge is 2.45. The molecule has 0 bridgehead atoms. The Morgan fingerprint density at radius 2 is 0.771 bits per heavy atom. The summed E-state index contributed by atoms with van der Waals surface area (Å²) in [4.78, 5) is 70.5. The van der Waals surface area contributed by atoms with Gasteiger partial charge in [-0.3, -0.25) is 48.5 Å².